The van der Waals surface area contributed by atoms with Gasteiger partial charge in [0, 0.05) is 43.6 Å². The summed E-state index contributed by atoms with van der Waals surface area (Å²) in [7, 11) is 0. The SMILES string of the molecule is CC(=O)O[C@@]12CO[C@@H]1C[C@H](O)[C@@]1(C)C(=O)[C@H](OC(=O)CCCC(N)=O)C3=C(C)[C@@H](OC(=O)[C@H](O)[C@@H](NC(=O)c4ccccc4)c4ccccc4)C[C@@](O)([C@@H](OC(=O)c4ccccc4)[C@H]21)C3(C)C. The standard InChI is InChI=1S/C50H56N2O15/c1-27-32(64-46(61)39(57)38(29-16-9-6-10-17-29)52-44(59)30-18-11-7-12-19-30)25-50(62)43(66-45(60)31-20-13-8-14-21-31)41-48(5,33(54)24-34-49(41,26-63-34)67-28(2)53)42(58)40(37(27)47(50,3)4)65-36(56)23-15-22-35(51)55/h6-14,16-21,32-34,38-41,43,54,57,62H,15,22-26H2,1-5H3,(H2,51,55)(H,52,59)/t32-,33-,34+,38-,39+,40+,41-,43-,48+,49-,50+/m0/s1. The summed E-state index contributed by atoms with van der Waals surface area (Å²) in [6.07, 6.45) is -11.6. The van der Waals surface area contributed by atoms with Crippen LogP contribution in [0, 0.1) is 16.7 Å². The molecule has 67 heavy (non-hydrogen) atoms. The molecule has 3 aromatic carbocycles. The number of nitrogens with two attached hydrogens (primary N) is 1. The Morgan fingerprint density at radius 3 is 2.03 bits per heavy atom. The molecule has 2 saturated carbocycles. The lowest BCUT2D eigenvalue weighted by Gasteiger charge is -2.67. The van der Waals surface area contributed by atoms with Gasteiger partial charge < -0.3 is 50.1 Å². The number of nitrogens with one attached hydrogen (secondary N) is 1. The average molecular weight is 925 g/mol. The number of carbonyl (C=O) groups excluding carboxylic acids is 7. The van der Waals surface area contributed by atoms with Gasteiger partial charge in [-0.05, 0) is 61.2 Å². The monoisotopic (exact) mass is 924 g/mol. The number of primary amides is 1. The zero-order valence-electron chi connectivity index (χ0n) is 37.8. The number of ketones is 1. The predicted molar refractivity (Wildman–Crippen MR) is 235 cm³/mol. The highest BCUT2D eigenvalue weighted by molar-refractivity contribution is 5.96. The minimum Gasteiger partial charge on any atom is -0.456 e. The molecule has 0 aromatic heterocycles. The van der Waals surface area contributed by atoms with Gasteiger partial charge in [0.25, 0.3) is 5.91 Å². The van der Waals surface area contributed by atoms with Crippen molar-refractivity contribution < 1.29 is 72.6 Å². The summed E-state index contributed by atoms with van der Waals surface area (Å²) in [5, 5.41) is 40.6. The number of carbonyl (C=O) groups is 7. The topological polar surface area (TPSA) is 264 Å². The maximum Gasteiger partial charge on any atom is 0.338 e. The number of aliphatic hydroxyl groups is 3. The number of amides is 2. The first-order valence-corrected chi connectivity index (χ1v) is 22.2. The van der Waals surface area contributed by atoms with Gasteiger partial charge in [-0.2, -0.15) is 0 Å². The van der Waals surface area contributed by atoms with Crippen LogP contribution >= 0.6 is 0 Å². The van der Waals surface area contributed by atoms with E-state index in [1.54, 1.807) is 78.9 Å². The molecule has 3 fully saturated rings. The van der Waals surface area contributed by atoms with Crippen LogP contribution in [0.25, 0.3) is 0 Å². The normalized spacial score (nSPS) is 30.3. The van der Waals surface area contributed by atoms with E-state index in [1.165, 1.54) is 39.8 Å². The summed E-state index contributed by atoms with van der Waals surface area (Å²) in [4.78, 5) is 96.7. The van der Waals surface area contributed by atoms with Gasteiger partial charge in [-0.3, -0.25) is 24.0 Å². The molecule has 11 atom stereocenters. The van der Waals surface area contributed by atoms with Crippen LogP contribution in [-0.2, 0) is 47.7 Å². The third kappa shape index (κ3) is 8.76. The molecule has 3 aliphatic carbocycles. The minimum absolute atomic E-state index is 0.0411. The van der Waals surface area contributed by atoms with E-state index in [4.69, 9.17) is 29.4 Å². The highest BCUT2D eigenvalue weighted by atomic mass is 16.6. The molecule has 0 radical (unpaired) electrons. The molecule has 0 unspecified atom stereocenters. The van der Waals surface area contributed by atoms with Gasteiger partial charge in [-0.15, -0.1) is 0 Å². The lowest BCUT2D eigenvalue weighted by molar-refractivity contribution is -0.346. The van der Waals surface area contributed by atoms with Crippen LogP contribution in [0.5, 0.6) is 0 Å². The summed E-state index contributed by atoms with van der Waals surface area (Å²) in [6.45, 7) is 6.71. The van der Waals surface area contributed by atoms with Gasteiger partial charge in [-0.25, -0.2) is 9.59 Å². The fourth-order valence-electron chi connectivity index (χ4n) is 10.6. The average Bonchev–Trinajstić information content (AvgIpc) is 3.29. The molecule has 0 spiro atoms. The molecule has 2 amide bonds. The smallest absolute Gasteiger partial charge is 0.338 e. The van der Waals surface area contributed by atoms with E-state index < -0.39 is 119 Å². The first-order chi connectivity index (χ1) is 31.7. The molecular formula is C50H56N2O15. The molecule has 17 heteroatoms. The molecule has 17 nitrogen and oxygen atoms in total. The highest BCUT2D eigenvalue weighted by Gasteiger charge is 2.78. The van der Waals surface area contributed by atoms with E-state index in [9.17, 15) is 44.1 Å². The van der Waals surface area contributed by atoms with Crippen molar-refractivity contribution in [3.8, 4) is 0 Å². The molecule has 6 N–H and O–H groups in total. The lowest BCUT2D eigenvalue weighted by atomic mass is 9.44. The molecule has 1 saturated heterocycles. The second kappa shape index (κ2) is 18.8. The Kier molecular flexibility index (Phi) is 13.6. The first kappa shape index (κ1) is 48.7. The van der Waals surface area contributed by atoms with E-state index in [2.05, 4.69) is 5.32 Å². The maximum absolute atomic E-state index is 15.8. The highest BCUT2D eigenvalue weighted by Crippen LogP contribution is 2.64. The van der Waals surface area contributed by atoms with Gasteiger partial charge in [0.1, 0.15) is 23.9 Å². The lowest BCUT2D eigenvalue weighted by Crippen LogP contribution is -2.82. The number of benzene rings is 3. The number of aliphatic hydroxyl groups excluding tert-OH is 2. The molecule has 356 valence electrons. The second-order valence-electron chi connectivity index (χ2n) is 18.6. The van der Waals surface area contributed by atoms with Gasteiger partial charge in [-0.1, -0.05) is 80.6 Å². The Morgan fingerprint density at radius 2 is 1.46 bits per heavy atom. The number of fused-ring (bicyclic) bond motifs is 5. The summed E-state index contributed by atoms with van der Waals surface area (Å²) >= 11 is 0. The largest absolute Gasteiger partial charge is 0.456 e. The van der Waals surface area contributed by atoms with Crippen molar-refractivity contribution in [2.45, 2.75) is 121 Å². The van der Waals surface area contributed by atoms with Crippen LogP contribution in [-0.4, -0.2) is 111 Å². The zero-order valence-corrected chi connectivity index (χ0v) is 37.8. The number of esters is 4. The Balaban J connectivity index is 1.40. The first-order valence-electron chi connectivity index (χ1n) is 22.2. The van der Waals surface area contributed by atoms with Crippen molar-refractivity contribution in [3.63, 3.8) is 0 Å². The molecule has 7 rings (SSSR count). The van der Waals surface area contributed by atoms with Crippen molar-refractivity contribution >= 4 is 41.5 Å². The fourth-order valence-corrected chi connectivity index (χ4v) is 10.6. The molecular weight excluding hydrogens is 869 g/mol. The fraction of sp³-hybridized carbons (Fsp3) is 0.460. The summed E-state index contributed by atoms with van der Waals surface area (Å²) in [5.74, 6) is -7.84. The van der Waals surface area contributed by atoms with Gasteiger partial charge in [0.05, 0.1) is 35.6 Å². The van der Waals surface area contributed by atoms with Crippen LogP contribution < -0.4 is 11.1 Å². The van der Waals surface area contributed by atoms with Crippen LogP contribution in [0.4, 0.5) is 0 Å². The Labute approximate surface area is 386 Å². The summed E-state index contributed by atoms with van der Waals surface area (Å²) in [6, 6.07) is 22.7. The summed E-state index contributed by atoms with van der Waals surface area (Å²) < 4.78 is 30.6. The maximum atomic E-state index is 15.8. The van der Waals surface area contributed by atoms with Crippen molar-refractivity contribution in [2.24, 2.45) is 22.5 Å². The van der Waals surface area contributed by atoms with Gasteiger partial charge in [0.2, 0.25) is 5.91 Å². The number of Topliss-reactive ketones (excluding diaryl/α,β-unsaturated/α-hetero) is 1. The quantitative estimate of drug-likeness (QED) is 0.0882. The second-order valence-corrected chi connectivity index (χ2v) is 18.6. The number of rotatable bonds is 14. The summed E-state index contributed by atoms with van der Waals surface area (Å²) in [5.41, 5.74) is -2.18. The van der Waals surface area contributed by atoms with Gasteiger partial charge in [0.15, 0.2) is 23.6 Å². The molecule has 2 bridgehead atoms. The molecule has 1 aliphatic heterocycles. The Bertz CT molecular complexity index is 2440. The Morgan fingerprint density at radius 1 is 0.866 bits per heavy atom. The zero-order chi connectivity index (χ0) is 48.6. The van der Waals surface area contributed by atoms with E-state index >= 15 is 4.79 Å². The van der Waals surface area contributed by atoms with E-state index in [0.717, 1.165) is 6.92 Å². The van der Waals surface area contributed by atoms with Crippen LogP contribution in [0.2, 0.25) is 0 Å². The van der Waals surface area contributed by atoms with E-state index in [0.29, 0.717) is 5.56 Å². The van der Waals surface area contributed by atoms with Crippen LogP contribution in [0.3, 0.4) is 0 Å². The van der Waals surface area contributed by atoms with Crippen LogP contribution in [0.15, 0.2) is 102 Å². The van der Waals surface area contributed by atoms with E-state index in [-0.39, 0.29) is 54.6 Å². The number of ether oxygens (including phenoxy) is 5. The van der Waals surface area contributed by atoms with Crippen LogP contribution in [0.1, 0.15) is 99.0 Å². The minimum atomic E-state index is -2.46. The van der Waals surface area contributed by atoms with Crippen molar-refractivity contribution in [3.05, 3.63) is 119 Å². The number of hydrogen-bond acceptors (Lipinski definition) is 15. The molecule has 4 aliphatic rings. The third-order valence-electron chi connectivity index (χ3n) is 14.2. The molecule has 3 aromatic rings. The van der Waals surface area contributed by atoms with E-state index in [1.807, 2.05) is 0 Å². The third-order valence-corrected chi connectivity index (χ3v) is 14.2. The van der Waals surface area contributed by atoms with Crippen molar-refractivity contribution in [1.29, 1.82) is 0 Å². The van der Waals surface area contributed by atoms with Crippen molar-refractivity contribution in [2.75, 3.05) is 6.61 Å². The van der Waals surface area contributed by atoms with Crippen molar-refractivity contribution in [1.82, 2.24) is 5.32 Å². The predicted octanol–water partition coefficient (Wildman–Crippen LogP) is 3.37. The van der Waals surface area contributed by atoms with Gasteiger partial charge >= 0.3 is 23.9 Å². The Hall–Kier alpha value is -6.27. The number of hydrogen-bond donors (Lipinski definition) is 5. The molecule has 1 heterocycles.